The second-order valence-electron chi connectivity index (χ2n) is 6.13. The molecule has 1 amide bonds. The van der Waals surface area contributed by atoms with E-state index in [-0.39, 0.29) is 5.91 Å². The second-order valence-corrected chi connectivity index (χ2v) is 6.13. The number of rotatable bonds is 3. The first kappa shape index (κ1) is 16.0. The van der Waals surface area contributed by atoms with Gasteiger partial charge in [-0.2, -0.15) is 5.10 Å². The molecule has 4 aromatic rings. The number of pyridine rings is 1. The fourth-order valence-corrected chi connectivity index (χ4v) is 3.11. The predicted octanol–water partition coefficient (Wildman–Crippen LogP) is 4.29. The number of carbonyl (C=O) groups excluding carboxylic acids is 1. The number of fused-ring (bicyclic) bond motifs is 1. The highest BCUT2D eigenvalue weighted by Crippen LogP contribution is 2.24. The van der Waals surface area contributed by atoms with Crippen molar-refractivity contribution >= 4 is 22.5 Å². The summed E-state index contributed by atoms with van der Waals surface area (Å²) in [5.74, 6) is -0.187. The summed E-state index contributed by atoms with van der Waals surface area (Å²) in [6.45, 7) is 3.84. The molecular weight excluding hydrogens is 324 g/mol. The van der Waals surface area contributed by atoms with Gasteiger partial charge in [-0.25, -0.2) is 4.68 Å². The van der Waals surface area contributed by atoms with Gasteiger partial charge in [0, 0.05) is 11.6 Å². The molecule has 2 heterocycles. The van der Waals surface area contributed by atoms with E-state index in [0.29, 0.717) is 11.1 Å². The van der Waals surface area contributed by atoms with Crippen molar-refractivity contribution in [1.29, 1.82) is 0 Å². The molecule has 0 unspecified atom stereocenters. The van der Waals surface area contributed by atoms with E-state index in [1.807, 2.05) is 73.1 Å². The Labute approximate surface area is 151 Å². The number of nitrogens with one attached hydrogen (secondary N) is 1. The van der Waals surface area contributed by atoms with Gasteiger partial charge in [0.2, 0.25) is 0 Å². The Kier molecular flexibility index (Phi) is 3.97. The molecule has 0 saturated carbocycles. The molecule has 26 heavy (non-hydrogen) atoms. The average molecular weight is 342 g/mol. The second kappa shape index (κ2) is 6.44. The van der Waals surface area contributed by atoms with Crippen LogP contribution in [0.4, 0.5) is 5.69 Å². The zero-order valence-corrected chi connectivity index (χ0v) is 14.6. The van der Waals surface area contributed by atoms with Gasteiger partial charge < -0.3 is 5.32 Å². The number of nitrogens with zero attached hydrogens (tertiary/aromatic N) is 3. The van der Waals surface area contributed by atoms with E-state index in [9.17, 15) is 4.79 Å². The molecule has 1 N–H and O–H groups in total. The van der Waals surface area contributed by atoms with E-state index in [0.717, 1.165) is 28.1 Å². The van der Waals surface area contributed by atoms with E-state index in [4.69, 9.17) is 0 Å². The number of anilines is 1. The molecule has 0 spiro atoms. The smallest absolute Gasteiger partial charge is 0.257 e. The number of para-hydroxylation sites is 2. The lowest BCUT2D eigenvalue weighted by Crippen LogP contribution is -2.14. The summed E-state index contributed by atoms with van der Waals surface area (Å²) in [4.78, 5) is 17.2. The minimum atomic E-state index is -0.187. The summed E-state index contributed by atoms with van der Waals surface area (Å²) in [5.41, 5.74) is 4.59. The minimum Gasteiger partial charge on any atom is -0.319 e. The maximum Gasteiger partial charge on any atom is 0.257 e. The van der Waals surface area contributed by atoms with Crippen LogP contribution >= 0.6 is 0 Å². The zero-order chi connectivity index (χ0) is 18.1. The molecule has 2 aromatic heterocycles. The van der Waals surface area contributed by atoms with Gasteiger partial charge in [-0.3, -0.25) is 9.78 Å². The minimum absolute atomic E-state index is 0.187. The third kappa shape index (κ3) is 2.73. The number of aryl methyl sites for hydroxylation is 1. The molecule has 0 radical (unpaired) electrons. The van der Waals surface area contributed by atoms with Crippen LogP contribution in [0.3, 0.4) is 0 Å². The quantitative estimate of drug-likeness (QED) is 0.604. The number of amides is 1. The molecule has 2 aromatic carbocycles. The van der Waals surface area contributed by atoms with Crippen LogP contribution in [0.1, 0.15) is 21.7 Å². The summed E-state index contributed by atoms with van der Waals surface area (Å²) >= 11 is 0. The van der Waals surface area contributed by atoms with Crippen molar-refractivity contribution in [2.75, 3.05) is 5.32 Å². The number of carbonyl (C=O) groups is 1. The number of hydrogen-bond donors (Lipinski definition) is 1. The predicted molar refractivity (Wildman–Crippen MR) is 103 cm³/mol. The molecule has 5 heteroatoms. The lowest BCUT2D eigenvalue weighted by molar-refractivity contribution is 0.102. The van der Waals surface area contributed by atoms with Crippen molar-refractivity contribution in [3.63, 3.8) is 0 Å². The molecule has 0 aliphatic carbocycles. The lowest BCUT2D eigenvalue weighted by Gasteiger charge is -2.08. The average Bonchev–Trinajstić information content (AvgIpc) is 2.96. The highest BCUT2D eigenvalue weighted by molar-refractivity contribution is 6.12. The largest absolute Gasteiger partial charge is 0.319 e. The molecule has 128 valence electrons. The van der Waals surface area contributed by atoms with Gasteiger partial charge in [0.1, 0.15) is 0 Å². The molecule has 0 fully saturated rings. The topological polar surface area (TPSA) is 59.8 Å². The Morgan fingerprint density at radius 2 is 1.73 bits per heavy atom. The van der Waals surface area contributed by atoms with Gasteiger partial charge in [0.25, 0.3) is 5.91 Å². The van der Waals surface area contributed by atoms with Crippen LogP contribution in [0.5, 0.6) is 0 Å². The van der Waals surface area contributed by atoms with E-state index < -0.39 is 0 Å². The number of aromatic nitrogens is 3. The maximum absolute atomic E-state index is 12.9. The van der Waals surface area contributed by atoms with E-state index >= 15 is 0 Å². The van der Waals surface area contributed by atoms with Gasteiger partial charge in [-0.15, -0.1) is 0 Å². The first-order valence-corrected chi connectivity index (χ1v) is 8.42. The van der Waals surface area contributed by atoms with Crippen LogP contribution < -0.4 is 5.32 Å². The van der Waals surface area contributed by atoms with Crippen LogP contribution in [-0.4, -0.2) is 20.7 Å². The Bertz CT molecular complexity index is 1090. The SMILES string of the molecule is Cc1nn(-c2ccccc2)c(C)c1NC(=O)c1cccc2cccnc12. The molecule has 0 aliphatic heterocycles. The van der Waals surface area contributed by atoms with Crippen LogP contribution in [-0.2, 0) is 0 Å². The normalized spacial score (nSPS) is 10.8. The van der Waals surface area contributed by atoms with E-state index in [1.54, 1.807) is 12.3 Å². The van der Waals surface area contributed by atoms with Crippen molar-refractivity contribution < 1.29 is 4.79 Å². The Morgan fingerprint density at radius 3 is 2.54 bits per heavy atom. The Morgan fingerprint density at radius 1 is 0.962 bits per heavy atom. The van der Waals surface area contributed by atoms with Gasteiger partial charge >= 0.3 is 0 Å². The van der Waals surface area contributed by atoms with Crippen LogP contribution in [0.2, 0.25) is 0 Å². The zero-order valence-electron chi connectivity index (χ0n) is 14.6. The fraction of sp³-hybridized carbons (Fsp3) is 0.0952. The summed E-state index contributed by atoms with van der Waals surface area (Å²) in [5, 5.41) is 8.53. The third-order valence-electron chi connectivity index (χ3n) is 4.41. The van der Waals surface area contributed by atoms with Crippen LogP contribution in [0, 0.1) is 13.8 Å². The first-order chi connectivity index (χ1) is 12.6. The first-order valence-electron chi connectivity index (χ1n) is 8.42. The van der Waals surface area contributed by atoms with Crippen molar-refractivity contribution in [2.45, 2.75) is 13.8 Å². The van der Waals surface area contributed by atoms with Gasteiger partial charge in [0.15, 0.2) is 0 Å². The van der Waals surface area contributed by atoms with Crippen molar-refractivity contribution in [3.8, 4) is 5.69 Å². The number of hydrogen-bond acceptors (Lipinski definition) is 3. The Balaban J connectivity index is 1.71. The third-order valence-corrected chi connectivity index (χ3v) is 4.41. The maximum atomic E-state index is 12.9. The van der Waals surface area contributed by atoms with Crippen molar-refractivity contribution in [1.82, 2.24) is 14.8 Å². The molecule has 4 rings (SSSR count). The van der Waals surface area contributed by atoms with Gasteiger partial charge in [0.05, 0.1) is 33.8 Å². The lowest BCUT2D eigenvalue weighted by atomic mass is 10.1. The summed E-state index contributed by atoms with van der Waals surface area (Å²) in [7, 11) is 0. The highest BCUT2D eigenvalue weighted by Gasteiger charge is 2.17. The van der Waals surface area contributed by atoms with Gasteiger partial charge in [-0.1, -0.05) is 36.4 Å². The standard InChI is InChI=1S/C21H18N4O/c1-14-19(15(2)25(24-14)17-10-4-3-5-11-17)23-21(26)18-12-6-8-16-9-7-13-22-20(16)18/h3-13H,1-2H3,(H,23,26). The van der Waals surface area contributed by atoms with Crippen molar-refractivity contribution in [3.05, 3.63) is 83.8 Å². The van der Waals surface area contributed by atoms with Crippen LogP contribution in [0.25, 0.3) is 16.6 Å². The summed E-state index contributed by atoms with van der Waals surface area (Å²) in [6.07, 6.45) is 1.70. The van der Waals surface area contributed by atoms with E-state index in [2.05, 4.69) is 15.4 Å². The summed E-state index contributed by atoms with van der Waals surface area (Å²) in [6, 6.07) is 19.3. The Hall–Kier alpha value is -3.47. The van der Waals surface area contributed by atoms with E-state index in [1.165, 1.54) is 0 Å². The molecular formula is C21H18N4O. The molecule has 0 saturated heterocycles. The van der Waals surface area contributed by atoms with Gasteiger partial charge in [-0.05, 0) is 38.1 Å². The molecule has 0 bridgehead atoms. The number of benzene rings is 2. The fourth-order valence-electron chi connectivity index (χ4n) is 3.11. The molecule has 0 aliphatic rings. The monoisotopic (exact) mass is 342 g/mol. The molecule has 0 atom stereocenters. The highest BCUT2D eigenvalue weighted by atomic mass is 16.1. The molecule has 5 nitrogen and oxygen atoms in total. The van der Waals surface area contributed by atoms with Crippen molar-refractivity contribution in [2.24, 2.45) is 0 Å². The summed E-state index contributed by atoms with van der Waals surface area (Å²) < 4.78 is 1.84. The van der Waals surface area contributed by atoms with Crippen LogP contribution in [0.15, 0.2) is 66.9 Å².